The molecule has 0 aliphatic rings. The van der Waals surface area contributed by atoms with E-state index in [9.17, 15) is 4.79 Å². The molecule has 0 aliphatic heterocycles. The highest BCUT2D eigenvalue weighted by atomic mass is 35.5. The Morgan fingerprint density at radius 3 is 2.24 bits per heavy atom. The van der Waals surface area contributed by atoms with Crippen LogP contribution < -0.4 is 4.74 Å². The summed E-state index contributed by atoms with van der Waals surface area (Å²) in [6.07, 6.45) is -0.0292. The molecule has 0 saturated carbocycles. The molecule has 0 atom stereocenters. The minimum atomic E-state index is -0.872. The first-order valence-corrected chi connectivity index (χ1v) is 10.8. The predicted octanol–water partition coefficient (Wildman–Crippen LogP) is 6.97. The third-order valence-corrected chi connectivity index (χ3v) is 5.66. The highest BCUT2D eigenvalue weighted by Gasteiger charge is 2.11. The summed E-state index contributed by atoms with van der Waals surface area (Å²) in [5.74, 6) is -0.311. The Hall–Kier alpha value is -4.09. The van der Waals surface area contributed by atoms with Crippen LogP contribution in [0.3, 0.4) is 0 Å². The summed E-state index contributed by atoms with van der Waals surface area (Å²) in [5, 5.41) is 9.50. The predicted molar refractivity (Wildman–Crippen MR) is 130 cm³/mol. The van der Waals surface area contributed by atoms with E-state index in [1.54, 1.807) is 24.3 Å². The Labute approximate surface area is 195 Å². The fourth-order valence-electron chi connectivity index (χ4n) is 3.71. The molecule has 0 saturated heterocycles. The number of carboxylic acid groups (broad SMARTS) is 1. The zero-order valence-corrected chi connectivity index (χ0v) is 18.2. The number of rotatable bonds is 6. The number of benzene rings is 4. The average Bonchev–Trinajstić information content (AvgIpc) is 3.21. The van der Waals surface area contributed by atoms with Gasteiger partial charge in [0.15, 0.2) is 0 Å². The largest absolute Gasteiger partial charge is 0.481 e. The molecule has 4 aromatic carbocycles. The quantitative estimate of drug-likeness (QED) is 0.290. The van der Waals surface area contributed by atoms with Gasteiger partial charge in [0.1, 0.15) is 5.75 Å². The minimum Gasteiger partial charge on any atom is -0.481 e. The number of imidazole rings is 1. The van der Waals surface area contributed by atoms with E-state index in [0.717, 1.165) is 33.3 Å². The average molecular weight is 455 g/mol. The van der Waals surface area contributed by atoms with Crippen LogP contribution >= 0.6 is 11.6 Å². The van der Waals surface area contributed by atoms with E-state index < -0.39 is 5.97 Å². The van der Waals surface area contributed by atoms with E-state index >= 15 is 0 Å². The van der Waals surface area contributed by atoms with Gasteiger partial charge in [-0.2, -0.15) is 4.98 Å². The molecule has 1 aromatic heterocycles. The molecule has 0 amide bonds. The van der Waals surface area contributed by atoms with Crippen LogP contribution in [0.15, 0.2) is 91.0 Å². The van der Waals surface area contributed by atoms with Crippen molar-refractivity contribution in [1.29, 1.82) is 0 Å². The third-order valence-electron chi connectivity index (χ3n) is 5.35. The molecule has 0 spiro atoms. The molecule has 5 aromatic rings. The molecule has 0 aliphatic carbocycles. The zero-order chi connectivity index (χ0) is 22.8. The molecule has 0 unspecified atom stereocenters. The van der Waals surface area contributed by atoms with Gasteiger partial charge in [0.05, 0.1) is 22.5 Å². The van der Waals surface area contributed by atoms with Gasteiger partial charge >= 0.3 is 5.97 Å². The maximum absolute atomic E-state index is 10.8. The van der Waals surface area contributed by atoms with Gasteiger partial charge in [-0.25, -0.2) is 0 Å². The van der Waals surface area contributed by atoms with E-state index in [2.05, 4.69) is 46.4 Å². The Kier molecular flexibility index (Phi) is 5.55. The molecule has 6 heteroatoms. The molecule has 2 N–H and O–H groups in total. The lowest BCUT2D eigenvalue weighted by molar-refractivity contribution is -0.136. The maximum atomic E-state index is 10.8. The van der Waals surface area contributed by atoms with Crippen molar-refractivity contribution < 1.29 is 14.6 Å². The van der Waals surface area contributed by atoms with Gasteiger partial charge in [0.25, 0.3) is 6.01 Å². The fourth-order valence-corrected chi connectivity index (χ4v) is 3.98. The van der Waals surface area contributed by atoms with Crippen LogP contribution in [0.1, 0.15) is 5.56 Å². The van der Waals surface area contributed by atoms with Crippen LogP contribution in [0, 0.1) is 0 Å². The van der Waals surface area contributed by atoms with Crippen molar-refractivity contribution in [3.8, 4) is 34.0 Å². The second kappa shape index (κ2) is 8.81. The van der Waals surface area contributed by atoms with Gasteiger partial charge in [-0.3, -0.25) is 4.79 Å². The molecule has 5 nitrogen and oxygen atoms in total. The molecule has 0 fully saturated rings. The van der Waals surface area contributed by atoms with Crippen LogP contribution in [0.2, 0.25) is 5.02 Å². The molecule has 1 heterocycles. The number of carboxylic acids is 1. The summed E-state index contributed by atoms with van der Waals surface area (Å²) < 4.78 is 5.82. The number of nitrogens with one attached hydrogen (secondary N) is 1. The van der Waals surface area contributed by atoms with Gasteiger partial charge in [-0.1, -0.05) is 78.3 Å². The van der Waals surface area contributed by atoms with Gasteiger partial charge in [-0.05, 0) is 46.5 Å². The number of aromatic amines is 1. The molecule has 5 rings (SSSR count). The number of H-pyrrole nitrogens is 1. The van der Waals surface area contributed by atoms with Crippen LogP contribution in [-0.2, 0) is 11.2 Å². The topological polar surface area (TPSA) is 75.2 Å². The minimum absolute atomic E-state index is 0.0292. The number of carbonyl (C=O) groups is 1. The number of hydrogen-bond acceptors (Lipinski definition) is 3. The molecular formula is C27H19ClN2O3. The number of fused-ring (bicyclic) bond motifs is 1. The summed E-state index contributed by atoms with van der Waals surface area (Å²) in [4.78, 5) is 18.5. The Morgan fingerprint density at radius 1 is 0.879 bits per heavy atom. The van der Waals surface area contributed by atoms with Gasteiger partial charge < -0.3 is 14.8 Å². The van der Waals surface area contributed by atoms with Gasteiger partial charge in [-0.15, -0.1) is 0 Å². The number of halogens is 1. The van der Waals surface area contributed by atoms with E-state index in [-0.39, 0.29) is 6.42 Å². The molecule has 0 radical (unpaired) electrons. The highest BCUT2D eigenvalue weighted by Crippen LogP contribution is 2.34. The van der Waals surface area contributed by atoms with E-state index in [0.29, 0.717) is 22.3 Å². The summed E-state index contributed by atoms with van der Waals surface area (Å²) >= 11 is 6.59. The van der Waals surface area contributed by atoms with Crippen LogP contribution in [-0.4, -0.2) is 21.0 Å². The number of hydrogen-bond donors (Lipinski definition) is 2. The lowest BCUT2D eigenvalue weighted by atomic mass is 10.00. The van der Waals surface area contributed by atoms with Gasteiger partial charge in [0.2, 0.25) is 0 Å². The maximum Gasteiger partial charge on any atom is 0.307 e. The lowest BCUT2D eigenvalue weighted by Gasteiger charge is -2.07. The van der Waals surface area contributed by atoms with Crippen molar-refractivity contribution in [3.05, 3.63) is 102 Å². The monoisotopic (exact) mass is 454 g/mol. The van der Waals surface area contributed by atoms with Gasteiger partial charge in [0, 0.05) is 5.56 Å². The normalized spacial score (nSPS) is 10.9. The number of nitrogens with zero attached hydrogens (tertiary/aromatic N) is 1. The standard InChI is InChI=1S/C27H19ClN2O3/c28-23-16-25-24(29-27(30-25)33-21-12-6-17(7-13-21)14-26(31)32)15-22(23)20-10-8-19(9-11-20)18-4-2-1-3-5-18/h1-13,15-16H,14H2,(H,29,30)(H,31,32). The van der Waals surface area contributed by atoms with Crippen molar-refractivity contribution in [2.75, 3.05) is 0 Å². The zero-order valence-electron chi connectivity index (χ0n) is 17.5. The fraction of sp³-hybridized carbons (Fsp3) is 0.0370. The Balaban J connectivity index is 1.39. The van der Waals surface area contributed by atoms with Crippen molar-refractivity contribution in [3.63, 3.8) is 0 Å². The van der Waals surface area contributed by atoms with Crippen molar-refractivity contribution >= 4 is 28.6 Å². The van der Waals surface area contributed by atoms with Crippen molar-refractivity contribution in [2.24, 2.45) is 0 Å². The molecule has 162 valence electrons. The summed E-state index contributed by atoms with van der Waals surface area (Å²) in [6.45, 7) is 0. The Bertz CT molecular complexity index is 1430. The smallest absolute Gasteiger partial charge is 0.307 e. The van der Waals surface area contributed by atoms with Crippen LogP contribution in [0.5, 0.6) is 11.8 Å². The third kappa shape index (κ3) is 4.59. The van der Waals surface area contributed by atoms with E-state index in [4.69, 9.17) is 21.4 Å². The van der Waals surface area contributed by atoms with E-state index in [1.807, 2.05) is 30.3 Å². The summed E-state index contributed by atoms with van der Waals surface area (Å²) in [6, 6.07) is 29.5. The second-order valence-electron chi connectivity index (χ2n) is 7.65. The highest BCUT2D eigenvalue weighted by molar-refractivity contribution is 6.34. The second-order valence-corrected chi connectivity index (χ2v) is 8.06. The number of aromatic nitrogens is 2. The number of ether oxygens (including phenoxy) is 1. The number of aliphatic carboxylic acids is 1. The van der Waals surface area contributed by atoms with Crippen molar-refractivity contribution in [2.45, 2.75) is 6.42 Å². The van der Waals surface area contributed by atoms with E-state index in [1.165, 1.54) is 0 Å². The van der Waals surface area contributed by atoms with Crippen LogP contribution in [0.25, 0.3) is 33.3 Å². The summed E-state index contributed by atoms with van der Waals surface area (Å²) in [7, 11) is 0. The van der Waals surface area contributed by atoms with Crippen molar-refractivity contribution in [1.82, 2.24) is 9.97 Å². The molecule has 0 bridgehead atoms. The first-order chi connectivity index (χ1) is 16.0. The first-order valence-electron chi connectivity index (χ1n) is 10.4. The summed E-state index contributed by atoms with van der Waals surface area (Å²) in [5.41, 5.74) is 6.40. The SMILES string of the molecule is O=C(O)Cc1ccc(Oc2nc3cc(-c4ccc(-c5ccccc5)cc4)c(Cl)cc3[nH]2)cc1. The lowest BCUT2D eigenvalue weighted by Crippen LogP contribution is -1.99. The molecule has 33 heavy (non-hydrogen) atoms. The molecular weight excluding hydrogens is 436 g/mol. The first kappa shape index (κ1) is 20.8. The van der Waals surface area contributed by atoms with Crippen LogP contribution in [0.4, 0.5) is 0 Å². The Morgan fingerprint density at radius 2 is 1.55 bits per heavy atom.